The van der Waals surface area contributed by atoms with E-state index >= 15 is 0 Å². The Balaban J connectivity index is 1.68. The van der Waals surface area contributed by atoms with E-state index in [4.69, 9.17) is 13.9 Å². The highest BCUT2D eigenvalue weighted by Gasteiger charge is 2.41. The molecule has 1 fully saturated rings. The zero-order valence-corrected chi connectivity index (χ0v) is 14.8. The molecular formula is C19H24N2O4. The van der Waals surface area contributed by atoms with Gasteiger partial charge in [0.05, 0.1) is 24.4 Å². The summed E-state index contributed by atoms with van der Waals surface area (Å²) in [6.07, 6.45) is 3.27. The number of carbonyl (C=O) groups excluding carboxylic acids is 1. The molecule has 0 saturated carbocycles. The Hall–Kier alpha value is -2.34. The van der Waals surface area contributed by atoms with Crippen molar-refractivity contribution in [1.29, 1.82) is 0 Å². The van der Waals surface area contributed by atoms with Crippen LogP contribution in [0.5, 0.6) is 0 Å². The molecule has 0 N–H and O–H groups in total. The van der Waals surface area contributed by atoms with Crippen LogP contribution in [0.4, 0.5) is 4.79 Å². The maximum Gasteiger partial charge on any atom is 0.410 e. The van der Waals surface area contributed by atoms with Crippen molar-refractivity contribution in [3.8, 4) is 0 Å². The fourth-order valence-corrected chi connectivity index (χ4v) is 3.02. The standard InChI is InChI=1S/C19H24N2O4/c1-19(2,3)25-15-11-16(17-20-9-10-23-17)21(12-15)18(22)24-13-14-7-5-4-6-8-14/h4-10,15-16H,11-13H2,1-3H3. The van der Waals surface area contributed by atoms with Crippen LogP contribution in [-0.2, 0) is 16.1 Å². The number of carbonyl (C=O) groups is 1. The Morgan fingerprint density at radius 2 is 2.08 bits per heavy atom. The first-order valence-corrected chi connectivity index (χ1v) is 8.47. The zero-order valence-electron chi connectivity index (χ0n) is 14.8. The van der Waals surface area contributed by atoms with Crippen molar-refractivity contribution in [2.75, 3.05) is 6.54 Å². The lowest BCUT2D eigenvalue weighted by atomic mass is 10.1. The first kappa shape index (κ1) is 17.5. The van der Waals surface area contributed by atoms with Gasteiger partial charge < -0.3 is 13.9 Å². The summed E-state index contributed by atoms with van der Waals surface area (Å²) in [7, 11) is 0. The highest BCUT2D eigenvalue weighted by Crippen LogP contribution is 2.34. The van der Waals surface area contributed by atoms with E-state index in [0.29, 0.717) is 18.9 Å². The number of oxazole rings is 1. The molecule has 134 valence electrons. The van der Waals surface area contributed by atoms with E-state index in [2.05, 4.69) is 4.98 Å². The molecule has 0 radical (unpaired) electrons. The monoisotopic (exact) mass is 344 g/mol. The third kappa shape index (κ3) is 4.60. The second kappa shape index (κ2) is 7.27. The first-order valence-electron chi connectivity index (χ1n) is 8.47. The Kier molecular flexibility index (Phi) is 5.08. The average molecular weight is 344 g/mol. The predicted octanol–water partition coefficient (Wildman–Crippen LogP) is 3.94. The summed E-state index contributed by atoms with van der Waals surface area (Å²) in [6, 6.07) is 9.34. The Labute approximate surface area is 147 Å². The van der Waals surface area contributed by atoms with Gasteiger partial charge in [-0.1, -0.05) is 30.3 Å². The van der Waals surface area contributed by atoms with Gasteiger partial charge in [-0.2, -0.15) is 0 Å². The van der Waals surface area contributed by atoms with Gasteiger partial charge in [-0.3, -0.25) is 4.90 Å². The molecule has 1 saturated heterocycles. The molecule has 6 heteroatoms. The van der Waals surface area contributed by atoms with Crippen LogP contribution in [0.25, 0.3) is 0 Å². The average Bonchev–Trinajstić information content (AvgIpc) is 3.21. The maximum absolute atomic E-state index is 12.6. The zero-order chi connectivity index (χ0) is 17.9. The molecule has 1 aliphatic heterocycles. The number of likely N-dealkylation sites (tertiary alicyclic amines) is 1. The molecular weight excluding hydrogens is 320 g/mol. The lowest BCUT2D eigenvalue weighted by Crippen LogP contribution is -2.34. The highest BCUT2D eigenvalue weighted by molar-refractivity contribution is 5.68. The van der Waals surface area contributed by atoms with E-state index in [1.54, 1.807) is 11.1 Å². The minimum Gasteiger partial charge on any atom is -0.447 e. The first-order chi connectivity index (χ1) is 11.9. The topological polar surface area (TPSA) is 64.8 Å². The van der Waals surface area contributed by atoms with Gasteiger partial charge in [0, 0.05) is 6.42 Å². The van der Waals surface area contributed by atoms with E-state index in [1.165, 1.54) is 6.26 Å². The minimum absolute atomic E-state index is 0.0822. The largest absolute Gasteiger partial charge is 0.447 e. The highest BCUT2D eigenvalue weighted by atomic mass is 16.6. The molecule has 0 spiro atoms. The Bertz CT molecular complexity index is 679. The van der Waals surface area contributed by atoms with Crippen LogP contribution >= 0.6 is 0 Å². The summed E-state index contributed by atoms with van der Waals surface area (Å²) in [4.78, 5) is 18.5. The number of hydrogen-bond donors (Lipinski definition) is 0. The van der Waals surface area contributed by atoms with Gasteiger partial charge in [0.1, 0.15) is 18.9 Å². The number of benzene rings is 1. The summed E-state index contributed by atoms with van der Waals surface area (Å²) < 4.78 is 17.0. The number of amides is 1. The molecule has 1 amide bonds. The van der Waals surface area contributed by atoms with Crippen LogP contribution in [0.1, 0.15) is 44.7 Å². The molecule has 2 heterocycles. The third-order valence-corrected chi connectivity index (χ3v) is 3.96. The molecule has 0 aliphatic carbocycles. The minimum atomic E-state index is -0.382. The molecule has 1 aromatic carbocycles. The third-order valence-electron chi connectivity index (χ3n) is 3.96. The van der Waals surface area contributed by atoms with Gasteiger partial charge in [-0.05, 0) is 26.3 Å². The summed E-state index contributed by atoms with van der Waals surface area (Å²) in [5, 5.41) is 0. The van der Waals surface area contributed by atoms with Gasteiger partial charge in [0.2, 0.25) is 5.89 Å². The second-order valence-corrected chi connectivity index (χ2v) is 7.17. The van der Waals surface area contributed by atoms with Crippen LogP contribution in [0, 0.1) is 0 Å². The van der Waals surface area contributed by atoms with Crippen molar-refractivity contribution in [3.63, 3.8) is 0 Å². The quantitative estimate of drug-likeness (QED) is 0.840. The van der Waals surface area contributed by atoms with Gasteiger partial charge in [-0.25, -0.2) is 9.78 Å². The van der Waals surface area contributed by atoms with Crippen molar-refractivity contribution in [3.05, 3.63) is 54.2 Å². The van der Waals surface area contributed by atoms with E-state index in [-0.39, 0.29) is 30.4 Å². The van der Waals surface area contributed by atoms with Gasteiger partial charge in [0.15, 0.2) is 0 Å². The second-order valence-electron chi connectivity index (χ2n) is 7.17. The predicted molar refractivity (Wildman–Crippen MR) is 91.8 cm³/mol. The summed E-state index contributed by atoms with van der Waals surface area (Å²) >= 11 is 0. The lowest BCUT2D eigenvalue weighted by Gasteiger charge is -2.24. The van der Waals surface area contributed by atoms with Crippen LogP contribution in [0.3, 0.4) is 0 Å². The van der Waals surface area contributed by atoms with E-state index in [9.17, 15) is 4.79 Å². The summed E-state index contributed by atoms with van der Waals surface area (Å²) in [5.41, 5.74) is 0.667. The van der Waals surface area contributed by atoms with Crippen LogP contribution in [0.15, 0.2) is 47.2 Å². The summed E-state index contributed by atoms with van der Waals surface area (Å²) in [5.74, 6) is 0.511. The maximum atomic E-state index is 12.6. The van der Waals surface area contributed by atoms with Crippen molar-refractivity contribution in [2.45, 2.75) is 51.5 Å². The van der Waals surface area contributed by atoms with E-state index in [0.717, 1.165) is 5.56 Å². The molecule has 25 heavy (non-hydrogen) atoms. The van der Waals surface area contributed by atoms with Crippen molar-refractivity contribution >= 4 is 6.09 Å². The molecule has 1 aromatic heterocycles. The fraction of sp³-hybridized carbons (Fsp3) is 0.474. The van der Waals surface area contributed by atoms with Crippen LogP contribution in [0.2, 0.25) is 0 Å². The molecule has 1 aliphatic rings. The smallest absolute Gasteiger partial charge is 0.410 e. The van der Waals surface area contributed by atoms with Gasteiger partial charge >= 0.3 is 6.09 Å². The van der Waals surface area contributed by atoms with Crippen LogP contribution in [-0.4, -0.2) is 34.2 Å². The normalized spacial score (nSPS) is 20.7. The van der Waals surface area contributed by atoms with Crippen molar-refractivity contribution in [2.24, 2.45) is 0 Å². The molecule has 6 nitrogen and oxygen atoms in total. The molecule has 0 bridgehead atoms. The van der Waals surface area contributed by atoms with Gasteiger partial charge in [0.25, 0.3) is 0 Å². The number of ether oxygens (including phenoxy) is 2. The van der Waals surface area contributed by atoms with Crippen molar-refractivity contribution in [1.82, 2.24) is 9.88 Å². The van der Waals surface area contributed by atoms with Crippen LogP contribution < -0.4 is 0 Å². The van der Waals surface area contributed by atoms with E-state index in [1.807, 2.05) is 51.1 Å². The van der Waals surface area contributed by atoms with Crippen molar-refractivity contribution < 1.29 is 18.7 Å². The molecule has 2 atom stereocenters. The Morgan fingerprint density at radius 1 is 1.32 bits per heavy atom. The summed E-state index contributed by atoms with van der Waals surface area (Å²) in [6.45, 7) is 6.70. The fourth-order valence-electron chi connectivity index (χ4n) is 3.02. The number of nitrogens with zero attached hydrogens (tertiary/aromatic N) is 2. The number of rotatable bonds is 4. The number of hydrogen-bond acceptors (Lipinski definition) is 5. The SMILES string of the molecule is CC(C)(C)OC1CC(c2ncco2)N(C(=O)OCc2ccccc2)C1. The lowest BCUT2D eigenvalue weighted by molar-refractivity contribution is -0.0540. The molecule has 2 aromatic rings. The molecule has 3 rings (SSSR count). The Morgan fingerprint density at radius 3 is 2.72 bits per heavy atom. The number of aromatic nitrogens is 1. The van der Waals surface area contributed by atoms with E-state index < -0.39 is 0 Å². The molecule has 2 unspecified atom stereocenters. The van der Waals surface area contributed by atoms with Gasteiger partial charge in [-0.15, -0.1) is 0 Å².